The smallest absolute Gasteiger partial charge is 0.157 e. The van der Waals surface area contributed by atoms with Gasteiger partial charge in [0.1, 0.15) is 11.5 Å². The second kappa shape index (κ2) is 5.35. The SMILES string of the molecule is Nc1c(NC2CC2)nc(C2CC2)nc1N1CCCCCC1. The molecule has 3 aliphatic rings. The summed E-state index contributed by atoms with van der Waals surface area (Å²) in [6.07, 6.45) is 10.1. The van der Waals surface area contributed by atoms with Crippen LogP contribution in [0.25, 0.3) is 0 Å². The van der Waals surface area contributed by atoms with Crippen molar-refractivity contribution in [2.45, 2.75) is 63.3 Å². The average Bonchev–Trinajstić information content (AvgIpc) is 3.35. The van der Waals surface area contributed by atoms with Crippen LogP contribution in [-0.4, -0.2) is 29.1 Å². The van der Waals surface area contributed by atoms with Crippen LogP contribution in [0.4, 0.5) is 17.3 Å². The molecular weight excluding hydrogens is 262 g/mol. The highest BCUT2D eigenvalue weighted by Crippen LogP contribution is 2.41. The lowest BCUT2D eigenvalue weighted by Crippen LogP contribution is -2.27. The third-order valence-electron chi connectivity index (χ3n) is 4.71. The van der Waals surface area contributed by atoms with Gasteiger partial charge in [-0.1, -0.05) is 12.8 Å². The molecule has 2 saturated carbocycles. The van der Waals surface area contributed by atoms with Crippen molar-refractivity contribution in [1.29, 1.82) is 0 Å². The van der Waals surface area contributed by atoms with E-state index in [1.54, 1.807) is 0 Å². The first-order valence-corrected chi connectivity index (χ1v) is 8.50. The summed E-state index contributed by atoms with van der Waals surface area (Å²) in [7, 11) is 0. The van der Waals surface area contributed by atoms with Crippen LogP contribution >= 0.6 is 0 Å². The lowest BCUT2D eigenvalue weighted by molar-refractivity contribution is 0.726. The van der Waals surface area contributed by atoms with Crippen LogP contribution in [0, 0.1) is 0 Å². The number of nitrogen functional groups attached to an aromatic ring is 1. The van der Waals surface area contributed by atoms with Crippen LogP contribution in [0.5, 0.6) is 0 Å². The van der Waals surface area contributed by atoms with E-state index < -0.39 is 0 Å². The zero-order valence-corrected chi connectivity index (χ0v) is 12.6. The maximum absolute atomic E-state index is 6.40. The van der Waals surface area contributed by atoms with Gasteiger partial charge < -0.3 is 16.0 Å². The van der Waals surface area contributed by atoms with Gasteiger partial charge in [0.15, 0.2) is 11.6 Å². The van der Waals surface area contributed by atoms with Crippen LogP contribution in [0.2, 0.25) is 0 Å². The minimum Gasteiger partial charge on any atom is -0.393 e. The van der Waals surface area contributed by atoms with E-state index in [-0.39, 0.29) is 0 Å². The number of anilines is 3. The van der Waals surface area contributed by atoms with E-state index in [2.05, 4.69) is 10.2 Å². The van der Waals surface area contributed by atoms with E-state index in [9.17, 15) is 0 Å². The second-order valence-electron chi connectivity index (χ2n) is 6.76. The van der Waals surface area contributed by atoms with E-state index in [4.69, 9.17) is 15.7 Å². The van der Waals surface area contributed by atoms with Crippen molar-refractivity contribution in [2.24, 2.45) is 0 Å². The topological polar surface area (TPSA) is 67.1 Å². The van der Waals surface area contributed by atoms with Gasteiger partial charge in [0.2, 0.25) is 0 Å². The Balaban J connectivity index is 1.67. The molecule has 1 aromatic rings. The van der Waals surface area contributed by atoms with Gasteiger partial charge in [-0.3, -0.25) is 0 Å². The van der Waals surface area contributed by atoms with Crippen molar-refractivity contribution in [3.63, 3.8) is 0 Å². The van der Waals surface area contributed by atoms with Crippen LogP contribution in [-0.2, 0) is 0 Å². The normalized spacial score (nSPS) is 23.0. The maximum Gasteiger partial charge on any atom is 0.157 e. The molecular formula is C16H25N5. The second-order valence-corrected chi connectivity index (χ2v) is 6.76. The molecule has 1 saturated heterocycles. The number of rotatable bonds is 4. The Morgan fingerprint density at radius 2 is 1.67 bits per heavy atom. The number of nitrogens with zero attached hydrogens (tertiary/aromatic N) is 3. The van der Waals surface area contributed by atoms with Gasteiger partial charge in [-0.2, -0.15) is 0 Å². The number of hydrogen-bond donors (Lipinski definition) is 2. The summed E-state index contributed by atoms with van der Waals surface area (Å²) in [5.74, 6) is 3.44. The Bertz CT molecular complexity index is 514. The Morgan fingerprint density at radius 3 is 2.29 bits per heavy atom. The van der Waals surface area contributed by atoms with E-state index >= 15 is 0 Å². The Kier molecular flexibility index (Phi) is 3.36. The molecule has 5 nitrogen and oxygen atoms in total. The third kappa shape index (κ3) is 2.92. The molecule has 0 atom stereocenters. The summed E-state index contributed by atoms with van der Waals surface area (Å²) in [6, 6.07) is 0.575. The van der Waals surface area contributed by atoms with Gasteiger partial charge in [0.05, 0.1) is 0 Å². The molecule has 21 heavy (non-hydrogen) atoms. The summed E-state index contributed by atoms with van der Waals surface area (Å²) in [5.41, 5.74) is 7.16. The van der Waals surface area contributed by atoms with Gasteiger partial charge in [-0.15, -0.1) is 0 Å². The summed E-state index contributed by atoms with van der Waals surface area (Å²) >= 11 is 0. The molecule has 2 heterocycles. The van der Waals surface area contributed by atoms with Crippen molar-refractivity contribution in [1.82, 2.24) is 9.97 Å². The molecule has 0 aromatic carbocycles. The molecule has 3 N–H and O–H groups in total. The first kappa shape index (κ1) is 13.2. The predicted octanol–water partition coefficient (Wildman–Crippen LogP) is 2.89. The highest BCUT2D eigenvalue weighted by molar-refractivity contribution is 5.76. The van der Waals surface area contributed by atoms with Crippen LogP contribution in [0.1, 0.15) is 63.1 Å². The molecule has 0 amide bonds. The van der Waals surface area contributed by atoms with E-state index in [1.165, 1.54) is 51.4 Å². The van der Waals surface area contributed by atoms with Crippen LogP contribution in [0.3, 0.4) is 0 Å². The highest BCUT2D eigenvalue weighted by Gasteiger charge is 2.31. The molecule has 1 aromatic heterocycles. The zero-order valence-electron chi connectivity index (χ0n) is 12.6. The van der Waals surface area contributed by atoms with E-state index in [0.717, 1.165) is 36.2 Å². The zero-order chi connectivity index (χ0) is 14.2. The molecule has 2 aliphatic carbocycles. The molecule has 4 rings (SSSR count). The summed E-state index contributed by atoms with van der Waals surface area (Å²) in [6.45, 7) is 2.16. The fraction of sp³-hybridized carbons (Fsp3) is 0.750. The standard InChI is InChI=1S/C16H25N5/c17-13-15(18-12-7-8-12)19-14(11-5-6-11)20-16(13)21-9-3-1-2-4-10-21/h11-12H,1-10,17H2,(H,18,19,20). The molecule has 0 unspecified atom stereocenters. The summed E-state index contributed by atoms with van der Waals surface area (Å²) in [4.78, 5) is 11.9. The van der Waals surface area contributed by atoms with Gasteiger partial charge in [0, 0.05) is 25.0 Å². The number of nitrogens with one attached hydrogen (secondary N) is 1. The fourth-order valence-corrected chi connectivity index (χ4v) is 3.05. The van der Waals surface area contributed by atoms with Crippen molar-refractivity contribution in [2.75, 3.05) is 29.0 Å². The predicted molar refractivity (Wildman–Crippen MR) is 85.7 cm³/mol. The summed E-state index contributed by atoms with van der Waals surface area (Å²) in [5, 5.41) is 3.50. The minimum atomic E-state index is 0.566. The monoisotopic (exact) mass is 287 g/mol. The first-order valence-electron chi connectivity index (χ1n) is 8.50. The first-order chi connectivity index (χ1) is 10.3. The lowest BCUT2D eigenvalue weighted by Gasteiger charge is -2.24. The number of hydrogen-bond acceptors (Lipinski definition) is 5. The number of nitrogens with two attached hydrogens (primary N) is 1. The quantitative estimate of drug-likeness (QED) is 0.891. The Labute approximate surface area is 126 Å². The molecule has 0 bridgehead atoms. The van der Waals surface area contributed by atoms with Crippen molar-refractivity contribution in [3.05, 3.63) is 5.82 Å². The maximum atomic E-state index is 6.40. The molecule has 0 spiro atoms. The Hall–Kier alpha value is -1.52. The van der Waals surface area contributed by atoms with Gasteiger partial charge in [0.25, 0.3) is 0 Å². The van der Waals surface area contributed by atoms with Crippen LogP contribution in [0.15, 0.2) is 0 Å². The molecule has 114 valence electrons. The van der Waals surface area contributed by atoms with Gasteiger partial charge in [-0.25, -0.2) is 9.97 Å². The fourth-order valence-electron chi connectivity index (χ4n) is 3.05. The lowest BCUT2D eigenvalue weighted by atomic mass is 10.2. The van der Waals surface area contributed by atoms with E-state index in [0.29, 0.717) is 12.0 Å². The third-order valence-corrected chi connectivity index (χ3v) is 4.71. The van der Waals surface area contributed by atoms with Gasteiger partial charge >= 0.3 is 0 Å². The summed E-state index contributed by atoms with van der Waals surface area (Å²) < 4.78 is 0. The minimum absolute atomic E-state index is 0.566. The Morgan fingerprint density at radius 1 is 0.952 bits per heavy atom. The van der Waals surface area contributed by atoms with Crippen molar-refractivity contribution >= 4 is 17.3 Å². The largest absolute Gasteiger partial charge is 0.393 e. The van der Waals surface area contributed by atoms with Gasteiger partial charge in [-0.05, 0) is 38.5 Å². The van der Waals surface area contributed by atoms with Crippen molar-refractivity contribution < 1.29 is 0 Å². The molecule has 3 fully saturated rings. The van der Waals surface area contributed by atoms with E-state index in [1.807, 2.05) is 0 Å². The number of aromatic nitrogens is 2. The average molecular weight is 287 g/mol. The molecule has 0 radical (unpaired) electrons. The van der Waals surface area contributed by atoms with Crippen LogP contribution < -0.4 is 16.0 Å². The molecule has 1 aliphatic heterocycles. The van der Waals surface area contributed by atoms with Crippen molar-refractivity contribution in [3.8, 4) is 0 Å². The molecule has 5 heteroatoms. The highest BCUT2D eigenvalue weighted by atomic mass is 15.2.